The molecule has 6 atom stereocenters. The normalized spacial score (nSPS) is 27.8. The van der Waals surface area contributed by atoms with Gasteiger partial charge in [0, 0.05) is 48.3 Å². The van der Waals surface area contributed by atoms with Crippen molar-refractivity contribution in [2.24, 2.45) is 11.8 Å². The standard InChI is InChI=1S/C50H76N6O2.C2HF3O2/c1-35(51-49(57)53-39-23-19-37(20-24-39)31-33-55-45-27-28-46(55)42-16-10-9-15-41(42)45)13-7-5-3-4-6-8-14-36(2)52-50(58)54-40-25-21-38(22-26-40)32-34-56-47-29-30-48(56)44-18-12-11-17-43(44)47;3-2(4,5)1(6)7/h9-12,15-18,35-40,45-48H,3-8,13-14,19-34H2,1-2H3,(H2,51,53,57)(H2,52,54,58);(H,6,7)/t35?,36?,37?,38?,39?,40?,45-,46+,47-,48?;/m1./s1. The Morgan fingerprint density at radius 3 is 1.17 bits per heavy atom. The fourth-order valence-electron chi connectivity index (χ4n) is 12.4. The Labute approximate surface area is 386 Å². The smallest absolute Gasteiger partial charge is 0.475 e. The lowest BCUT2D eigenvalue weighted by Gasteiger charge is -2.31. The van der Waals surface area contributed by atoms with E-state index in [1.165, 1.54) is 103 Å². The molecule has 2 saturated heterocycles. The van der Waals surface area contributed by atoms with Gasteiger partial charge in [-0.1, -0.05) is 87.1 Å². The number of halogens is 3. The number of fused-ring (bicyclic) bond motifs is 10. The number of benzene rings is 2. The first-order chi connectivity index (χ1) is 31.3. The van der Waals surface area contributed by atoms with Crippen LogP contribution in [-0.2, 0) is 4.79 Å². The summed E-state index contributed by atoms with van der Waals surface area (Å²) in [4.78, 5) is 40.0. The van der Waals surface area contributed by atoms with Crippen LogP contribution in [0.1, 0.15) is 202 Å². The number of nitrogens with zero attached hydrogens (tertiary/aromatic N) is 2. The molecule has 2 aromatic carbocycles. The number of urea groups is 2. The number of amides is 4. The number of rotatable bonds is 19. The van der Waals surface area contributed by atoms with Crippen LogP contribution in [0.5, 0.6) is 0 Å². The van der Waals surface area contributed by atoms with Gasteiger partial charge in [-0.2, -0.15) is 13.2 Å². The van der Waals surface area contributed by atoms with E-state index in [2.05, 4.69) is 93.4 Å². The highest BCUT2D eigenvalue weighted by Crippen LogP contribution is 2.54. The number of hydrogen-bond acceptors (Lipinski definition) is 5. The van der Waals surface area contributed by atoms with Gasteiger partial charge in [0.25, 0.3) is 0 Å². The first-order valence-corrected chi connectivity index (χ1v) is 25.5. The maximum Gasteiger partial charge on any atom is 0.490 e. The van der Waals surface area contributed by atoms with E-state index in [4.69, 9.17) is 9.90 Å². The first kappa shape index (κ1) is 49.1. The number of carbonyl (C=O) groups is 3. The van der Waals surface area contributed by atoms with E-state index in [-0.39, 0.29) is 24.1 Å². The minimum atomic E-state index is -5.08. The molecule has 4 aliphatic heterocycles. The van der Waals surface area contributed by atoms with Crippen LogP contribution < -0.4 is 21.3 Å². The van der Waals surface area contributed by atoms with E-state index in [1.54, 1.807) is 22.3 Å². The molecular formula is C52H77F3N6O4. The summed E-state index contributed by atoms with van der Waals surface area (Å²) in [6.07, 6.45) is 21.5. The fraction of sp³-hybridized carbons (Fsp3) is 0.712. The average Bonchev–Trinajstić information content (AvgIpc) is 4.05. The molecule has 4 bridgehead atoms. The molecule has 4 fully saturated rings. The van der Waals surface area contributed by atoms with Crippen molar-refractivity contribution in [3.8, 4) is 0 Å². The summed E-state index contributed by atoms with van der Waals surface area (Å²) in [6.45, 7) is 6.74. The zero-order valence-corrected chi connectivity index (χ0v) is 39.1. The Balaban J connectivity index is 0.000000833. The minimum Gasteiger partial charge on any atom is -0.475 e. The summed E-state index contributed by atoms with van der Waals surface area (Å²) in [6, 6.07) is 21.9. The second-order valence-corrected chi connectivity index (χ2v) is 20.5. The summed E-state index contributed by atoms with van der Waals surface area (Å²) in [5.41, 5.74) is 6.35. The molecular weight excluding hydrogens is 830 g/mol. The Hall–Kier alpha value is -3.84. The fourth-order valence-corrected chi connectivity index (χ4v) is 12.4. The molecule has 0 aromatic heterocycles. The molecule has 5 N–H and O–H groups in total. The third-order valence-corrected chi connectivity index (χ3v) is 15.9. The van der Waals surface area contributed by atoms with Crippen LogP contribution in [0, 0.1) is 11.8 Å². The molecule has 8 rings (SSSR count). The van der Waals surface area contributed by atoms with Gasteiger partial charge in [0.2, 0.25) is 0 Å². The average molecular weight is 907 g/mol. The molecule has 6 aliphatic rings. The van der Waals surface area contributed by atoms with Crippen molar-refractivity contribution in [2.45, 2.75) is 210 Å². The Bertz CT molecular complexity index is 1670. The maximum absolute atomic E-state index is 12.8. The predicted octanol–water partition coefficient (Wildman–Crippen LogP) is 11.8. The van der Waals surface area contributed by atoms with Gasteiger partial charge >= 0.3 is 24.2 Å². The van der Waals surface area contributed by atoms with Crippen LogP contribution >= 0.6 is 0 Å². The van der Waals surface area contributed by atoms with Gasteiger partial charge in [-0.3, -0.25) is 9.80 Å². The van der Waals surface area contributed by atoms with Gasteiger partial charge in [0.15, 0.2) is 0 Å². The monoisotopic (exact) mass is 907 g/mol. The summed E-state index contributed by atoms with van der Waals surface area (Å²) in [5, 5.41) is 20.2. The van der Waals surface area contributed by atoms with Crippen LogP contribution in [0.2, 0.25) is 0 Å². The molecule has 4 heterocycles. The molecule has 0 radical (unpaired) electrons. The lowest BCUT2D eigenvalue weighted by Crippen LogP contribution is -2.46. The Morgan fingerprint density at radius 1 is 0.554 bits per heavy atom. The van der Waals surface area contributed by atoms with Gasteiger partial charge in [-0.05, 0) is 164 Å². The van der Waals surface area contributed by atoms with E-state index in [0.717, 1.165) is 63.2 Å². The van der Waals surface area contributed by atoms with Gasteiger partial charge in [0.1, 0.15) is 0 Å². The number of carboxylic acids is 1. The number of aliphatic carboxylic acids is 1. The predicted molar refractivity (Wildman–Crippen MR) is 249 cm³/mol. The summed E-state index contributed by atoms with van der Waals surface area (Å²) < 4.78 is 31.7. The zero-order valence-electron chi connectivity index (χ0n) is 39.1. The molecule has 13 heteroatoms. The number of nitrogens with one attached hydrogen (secondary N) is 4. The van der Waals surface area contributed by atoms with Crippen molar-refractivity contribution in [1.82, 2.24) is 31.1 Å². The first-order valence-electron chi connectivity index (χ1n) is 25.5. The molecule has 10 nitrogen and oxygen atoms in total. The maximum atomic E-state index is 12.8. The second kappa shape index (κ2) is 23.3. The van der Waals surface area contributed by atoms with Crippen molar-refractivity contribution >= 4 is 18.0 Å². The Kier molecular flexibility index (Phi) is 17.6. The highest BCUT2D eigenvalue weighted by molar-refractivity contribution is 5.75. The van der Waals surface area contributed by atoms with Gasteiger partial charge in [-0.15, -0.1) is 0 Å². The molecule has 2 aliphatic carbocycles. The van der Waals surface area contributed by atoms with Crippen molar-refractivity contribution in [3.63, 3.8) is 0 Å². The number of carboxylic acid groups (broad SMARTS) is 1. The third-order valence-electron chi connectivity index (χ3n) is 15.9. The van der Waals surface area contributed by atoms with E-state index in [1.807, 2.05) is 0 Å². The Morgan fingerprint density at radius 2 is 0.862 bits per heavy atom. The summed E-state index contributed by atoms with van der Waals surface area (Å²) in [5.74, 6) is -1.17. The van der Waals surface area contributed by atoms with Crippen molar-refractivity contribution in [2.75, 3.05) is 13.1 Å². The lowest BCUT2D eigenvalue weighted by atomic mass is 9.84. The molecule has 4 amide bonds. The third kappa shape index (κ3) is 13.4. The lowest BCUT2D eigenvalue weighted by molar-refractivity contribution is -0.192. The van der Waals surface area contributed by atoms with Crippen LogP contribution in [0.25, 0.3) is 0 Å². The zero-order chi connectivity index (χ0) is 45.9. The van der Waals surface area contributed by atoms with E-state index >= 15 is 0 Å². The molecule has 2 saturated carbocycles. The van der Waals surface area contributed by atoms with E-state index < -0.39 is 12.1 Å². The van der Waals surface area contributed by atoms with Crippen LogP contribution in [0.3, 0.4) is 0 Å². The van der Waals surface area contributed by atoms with Crippen molar-refractivity contribution < 1.29 is 32.7 Å². The summed E-state index contributed by atoms with van der Waals surface area (Å²) >= 11 is 0. The van der Waals surface area contributed by atoms with Crippen LogP contribution in [-0.4, -0.2) is 76.4 Å². The van der Waals surface area contributed by atoms with E-state index in [0.29, 0.717) is 36.3 Å². The largest absolute Gasteiger partial charge is 0.490 e. The molecule has 65 heavy (non-hydrogen) atoms. The van der Waals surface area contributed by atoms with Gasteiger partial charge in [0.05, 0.1) is 0 Å². The van der Waals surface area contributed by atoms with Crippen molar-refractivity contribution in [3.05, 3.63) is 70.8 Å². The number of carbonyl (C=O) groups excluding carboxylic acids is 2. The van der Waals surface area contributed by atoms with Crippen LogP contribution in [0.15, 0.2) is 48.5 Å². The number of unbranched alkanes of at least 4 members (excludes halogenated alkanes) is 5. The highest BCUT2D eigenvalue weighted by atomic mass is 19.4. The quantitative estimate of drug-likeness (QED) is 0.0894. The molecule has 0 spiro atoms. The highest BCUT2D eigenvalue weighted by Gasteiger charge is 2.44. The second-order valence-electron chi connectivity index (χ2n) is 20.5. The molecule has 2 aromatic rings. The number of alkyl halides is 3. The van der Waals surface area contributed by atoms with Crippen LogP contribution in [0.4, 0.5) is 22.8 Å². The SMILES string of the molecule is CC(CCCCCCCCC(C)NC(=O)NC1CCC(CCN2[C@@H]3CC[C@H]2c2ccccc23)CC1)NC(=O)NC1CCC(CCN2C3CC[C@@H]2c2ccccc23)CC1.O=C(O)C(F)(F)F. The number of hydrogen-bond donors (Lipinski definition) is 5. The summed E-state index contributed by atoms with van der Waals surface area (Å²) in [7, 11) is 0. The minimum absolute atomic E-state index is 0.0212. The van der Waals surface area contributed by atoms with Gasteiger partial charge < -0.3 is 26.4 Å². The van der Waals surface area contributed by atoms with Crippen molar-refractivity contribution in [1.29, 1.82) is 0 Å². The topological polar surface area (TPSA) is 126 Å². The molecule has 360 valence electrons. The molecule has 3 unspecified atom stereocenters. The van der Waals surface area contributed by atoms with E-state index in [9.17, 15) is 22.8 Å². The van der Waals surface area contributed by atoms with Gasteiger partial charge in [-0.25, -0.2) is 14.4 Å².